The van der Waals surface area contributed by atoms with Crippen LogP contribution in [0.1, 0.15) is 11.1 Å². The molecule has 0 atom stereocenters. The number of nitrogens with one attached hydrogen (secondary N) is 2. The minimum Gasteiger partial charge on any atom is -0.334 e. The maximum absolute atomic E-state index is 12.0. The van der Waals surface area contributed by atoms with Gasteiger partial charge in [0, 0.05) is 30.8 Å². The third kappa shape index (κ3) is 5.04. The molecule has 25 heavy (non-hydrogen) atoms. The lowest BCUT2D eigenvalue weighted by Crippen LogP contribution is -2.28. The van der Waals surface area contributed by atoms with Gasteiger partial charge in [-0.05, 0) is 48.4 Å². The van der Waals surface area contributed by atoms with E-state index in [1.54, 1.807) is 18.2 Å². The molecule has 0 fully saturated rings. The minimum absolute atomic E-state index is 0.219. The maximum Gasteiger partial charge on any atom is 0.319 e. The van der Waals surface area contributed by atoms with Crippen molar-refractivity contribution in [3.63, 3.8) is 0 Å². The third-order valence-corrected chi connectivity index (χ3v) is 6.29. The largest absolute Gasteiger partial charge is 0.334 e. The van der Waals surface area contributed by atoms with Crippen molar-refractivity contribution < 1.29 is 13.2 Å². The second-order valence-corrected chi connectivity index (χ2v) is 8.71. The normalized spacial score (nSPS) is 11.4. The van der Waals surface area contributed by atoms with Crippen molar-refractivity contribution in [2.75, 3.05) is 19.4 Å². The van der Waals surface area contributed by atoms with E-state index in [0.717, 1.165) is 19.9 Å². The van der Waals surface area contributed by atoms with E-state index in [9.17, 15) is 13.2 Å². The Labute approximate surface area is 156 Å². The van der Waals surface area contributed by atoms with Gasteiger partial charge in [0.2, 0.25) is 10.0 Å². The molecule has 6 nitrogen and oxygen atoms in total. The molecule has 0 aliphatic rings. The predicted octanol–water partition coefficient (Wildman–Crippen LogP) is 3.33. The second-order valence-electron chi connectivity index (χ2n) is 5.70. The molecule has 0 unspecified atom stereocenters. The van der Waals surface area contributed by atoms with E-state index in [0.29, 0.717) is 12.2 Å². The number of amides is 2. The van der Waals surface area contributed by atoms with E-state index < -0.39 is 10.0 Å². The molecule has 0 aliphatic carbocycles. The van der Waals surface area contributed by atoms with Gasteiger partial charge in [-0.3, -0.25) is 0 Å². The first kappa shape index (κ1) is 19.4. The molecule has 2 N–H and O–H groups in total. The number of hydrogen-bond donors (Lipinski definition) is 2. The van der Waals surface area contributed by atoms with Crippen molar-refractivity contribution >= 4 is 37.7 Å². The number of carbonyl (C=O) groups excluding carboxylic acids is 1. The zero-order chi connectivity index (χ0) is 18.6. The van der Waals surface area contributed by atoms with Crippen LogP contribution in [0.2, 0.25) is 0 Å². The first-order valence-corrected chi connectivity index (χ1v) is 9.76. The summed E-state index contributed by atoms with van der Waals surface area (Å²) in [6.45, 7) is 2.24. The lowest BCUT2D eigenvalue weighted by atomic mass is 10.2. The number of benzene rings is 2. The highest BCUT2D eigenvalue weighted by atomic mass is 79.9. The minimum atomic E-state index is -3.44. The maximum atomic E-state index is 12.0. The number of rotatable bonds is 5. The summed E-state index contributed by atoms with van der Waals surface area (Å²) in [6, 6.07) is 11.6. The highest BCUT2D eigenvalue weighted by Crippen LogP contribution is 2.20. The summed E-state index contributed by atoms with van der Waals surface area (Å²) in [5.74, 6) is 0. The van der Waals surface area contributed by atoms with E-state index in [2.05, 4.69) is 26.6 Å². The number of sulfonamides is 1. The molecule has 0 aliphatic heterocycles. The summed E-state index contributed by atoms with van der Waals surface area (Å²) >= 11 is 3.41. The Morgan fingerprint density at radius 1 is 1.12 bits per heavy atom. The van der Waals surface area contributed by atoms with Crippen LogP contribution in [0.15, 0.2) is 51.8 Å². The molecule has 0 saturated heterocycles. The summed E-state index contributed by atoms with van der Waals surface area (Å²) < 4.78 is 26.2. The van der Waals surface area contributed by atoms with Crippen LogP contribution in [0.25, 0.3) is 0 Å². The topological polar surface area (TPSA) is 78.5 Å². The van der Waals surface area contributed by atoms with Gasteiger partial charge in [0.15, 0.2) is 0 Å². The molecule has 2 rings (SSSR count). The van der Waals surface area contributed by atoms with Crippen LogP contribution in [0, 0.1) is 6.92 Å². The quantitative estimate of drug-likeness (QED) is 0.770. The number of urea groups is 1. The van der Waals surface area contributed by atoms with Crippen molar-refractivity contribution in [2.45, 2.75) is 18.4 Å². The van der Waals surface area contributed by atoms with E-state index >= 15 is 0 Å². The fraction of sp³-hybridized carbons (Fsp3) is 0.235. The van der Waals surface area contributed by atoms with Crippen molar-refractivity contribution in [1.29, 1.82) is 0 Å². The molecule has 0 radical (unpaired) electrons. The van der Waals surface area contributed by atoms with Crippen LogP contribution in [-0.4, -0.2) is 32.8 Å². The first-order chi connectivity index (χ1) is 11.7. The molecule has 2 amide bonds. The Hall–Kier alpha value is -1.90. The van der Waals surface area contributed by atoms with Gasteiger partial charge < -0.3 is 10.6 Å². The van der Waals surface area contributed by atoms with Gasteiger partial charge in [-0.15, -0.1) is 0 Å². The van der Waals surface area contributed by atoms with Crippen LogP contribution in [0.4, 0.5) is 10.5 Å². The van der Waals surface area contributed by atoms with E-state index in [4.69, 9.17) is 0 Å². The van der Waals surface area contributed by atoms with Gasteiger partial charge in [-0.1, -0.05) is 28.1 Å². The Balaban J connectivity index is 1.94. The average Bonchev–Trinajstić information content (AvgIpc) is 2.56. The molecule has 2 aromatic rings. The van der Waals surface area contributed by atoms with E-state index in [1.807, 2.05) is 19.1 Å². The molecule has 2 aromatic carbocycles. The van der Waals surface area contributed by atoms with Gasteiger partial charge in [0.05, 0.1) is 4.90 Å². The molecule has 8 heteroatoms. The van der Waals surface area contributed by atoms with Gasteiger partial charge in [-0.2, -0.15) is 0 Å². The number of anilines is 1. The number of hydrogen-bond acceptors (Lipinski definition) is 3. The fourth-order valence-electron chi connectivity index (χ4n) is 2.07. The lowest BCUT2D eigenvalue weighted by molar-refractivity contribution is 0.251. The molecular formula is C17H20BrN3O3S. The zero-order valence-electron chi connectivity index (χ0n) is 14.2. The summed E-state index contributed by atoms with van der Waals surface area (Å²) in [4.78, 5) is 12.2. The van der Waals surface area contributed by atoms with E-state index in [1.165, 1.54) is 26.2 Å². The SMILES string of the molecule is Cc1cc(NC(=O)NCc2ccc(S(=O)(=O)N(C)C)cc2)ccc1Br. The number of aryl methyl sites for hydroxylation is 1. The van der Waals surface area contributed by atoms with Crippen LogP contribution >= 0.6 is 15.9 Å². The zero-order valence-corrected chi connectivity index (χ0v) is 16.6. The first-order valence-electron chi connectivity index (χ1n) is 7.52. The van der Waals surface area contributed by atoms with Crippen LogP contribution in [-0.2, 0) is 16.6 Å². The van der Waals surface area contributed by atoms with Gasteiger partial charge in [-0.25, -0.2) is 17.5 Å². The van der Waals surface area contributed by atoms with Crippen molar-refractivity contribution in [3.05, 3.63) is 58.1 Å². The smallest absolute Gasteiger partial charge is 0.319 e. The number of nitrogens with zero attached hydrogens (tertiary/aromatic N) is 1. The van der Waals surface area contributed by atoms with Crippen molar-refractivity contribution in [2.24, 2.45) is 0 Å². The Bertz CT molecular complexity index is 865. The number of carbonyl (C=O) groups is 1. The molecule has 0 bridgehead atoms. The second kappa shape index (κ2) is 7.99. The van der Waals surface area contributed by atoms with Gasteiger partial charge in [0.25, 0.3) is 0 Å². The molecule has 0 saturated carbocycles. The van der Waals surface area contributed by atoms with Crippen LogP contribution < -0.4 is 10.6 Å². The molecule has 0 spiro atoms. The summed E-state index contributed by atoms with van der Waals surface area (Å²) in [6.07, 6.45) is 0. The van der Waals surface area contributed by atoms with Crippen molar-refractivity contribution in [3.8, 4) is 0 Å². The Morgan fingerprint density at radius 3 is 2.32 bits per heavy atom. The van der Waals surface area contributed by atoms with Crippen LogP contribution in [0.5, 0.6) is 0 Å². The fourth-order valence-corrected chi connectivity index (χ4v) is 3.22. The predicted molar refractivity (Wildman–Crippen MR) is 102 cm³/mol. The molecule has 134 valence electrons. The van der Waals surface area contributed by atoms with Gasteiger partial charge in [0.1, 0.15) is 0 Å². The van der Waals surface area contributed by atoms with Crippen LogP contribution in [0.3, 0.4) is 0 Å². The average molecular weight is 426 g/mol. The van der Waals surface area contributed by atoms with E-state index in [-0.39, 0.29) is 10.9 Å². The standard InChI is InChI=1S/C17H20BrN3O3S/c1-12-10-14(6-9-16(12)18)20-17(22)19-11-13-4-7-15(8-5-13)25(23,24)21(2)3/h4-10H,11H2,1-3H3,(H2,19,20,22). The molecule has 0 aromatic heterocycles. The molecular weight excluding hydrogens is 406 g/mol. The Morgan fingerprint density at radius 2 is 1.76 bits per heavy atom. The summed E-state index contributed by atoms with van der Waals surface area (Å²) in [7, 11) is -0.473. The monoisotopic (exact) mass is 425 g/mol. The third-order valence-electron chi connectivity index (χ3n) is 3.57. The summed E-state index contributed by atoms with van der Waals surface area (Å²) in [5, 5.41) is 5.50. The van der Waals surface area contributed by atoms with Gasteiger partial charge >= 0.3 is 6.03 Å². The van der Waals surface area contributed by atoms with Crippen molar-refractivity contribution in [1.82, 2.24) is 9.62 Å². The molecule has 0 heterocycles. The highest BCUT2D eigenvalue weighted by molar-refractivity contribution is 9.10. The Kier molecular flexibility index (Phi) is 6.21. The highest BCUT2D eigenvalue weighted by Gasteiger charge is 2.16. The lowest BCUT2D eigenvalue weighted by Gasteiger charge is -2.12. The number of halogens is 1. The summed E-state index contributed by atoms with van der Waals surface area (Å²) in [5.41, 5.74) is 2.53.